The Bertz CT molecular complexity index is 972. The molecule has 0 atom stereocenters. The van der Waals surface area contributed by atoms with E-state index in [1.807, 2.05) is 56.6 Å². The first-order valence-electron chi connectivity index (χ1n) is 9.08. The molecule has 0 bridgehead atoms. The Kier molecular flexibility index (Phi) is 5.72. The molecule has 2 N–H and O–H groups in total. The SMILES string of the molecule is CC(=O)c1ccc2[nH]c(O)c(C(=NCCCN(C)C)c3ccccc3)c2c1. The Morgan fingerprint density at radius 1 is 1.11 bits per heavy atom. The number of aromatic nitrogens is 1. The van der Waals surface area contributed by atoms with E-state index in [1.165, 1.54) is 0 Å². The molecule has 3 aromatic rings. The van der Waals surface area contributed by atoms with Crippen LogP contribution in [0.4, 0.5) is 0 Å². The summed E-state index contributed by atoms with van der Waals surface area (Å²) in [6.45, 7) is 3.14. The number of nitrogens with zero attached hydrogens (tertiary/aromatic N) is 2. The lowest BCUT2D eigenvalue weighted by atomic mass is 9.99. The molecule has 0 spiro atoms. The monoisotopic (exact) mass is 363 g/mol. The molecule has 5 nitrogen and oxygen atoms in total. The molecule has 2 aromatic carbocycles. The Morgan fingerprint density at radius 3 is 2.52 bits per heavy atom. The molecule has 0 saturated heterocycles. The van der Waals surface area contributed by atoms with E-state index in [4.69, 9.17) is 4.99 Å². The van der Waals surface area contributed by atoms with Gasteiger partial charge in [-0.15, -0.1) is 0 Å². The highest BCUT2D eigenvalue weighted by Gasteiger charge is 2.19. The molecule has 3 rings (SSSR count). The Morgan fingerprint density at radius 2 is 1.85 bits per heavy atom. The molecule has 0 unspecified atom stereocenters. The van der Waals surface area contributed by atoms with E-state index in [1.54, 1.807) is 13.0 Å². The van der Waals surface area contributed by atoms with Crippen molar-refractivity contribution in [2.45, 2.75) is 13.3 Å². The van der Waals surface area contributed by atoms with Crippen molar-refractivity contribution in [3.05, 3.63) is 65.2 Å². The number of H-pyrrole nitrogens is 1. The summed E-state index contributed by atoms with van der Waals surface area (Å²) < 4.78 is 0. The Labute approximate surface area is 159 Å². The molecule has 0 saturated carbocycles. The minimum atomic E-state index is -0.00674. The minimum Gasteiger partial charge on any atom is -0.494 e. The molecule has 0 aliphatic heterocycles. The second kappa shape index (κ2) is 8.18. The molecule has 0 radical (unpaired) electrons. The van der Waals surface area contributed by atoms with Gasteiger partial charge >= 0.3 is 0 Å². The molecule has 0 amide bonds. The van der Waals surface area contributed by atoms with Gasteiger partial charge in [0, 0.05) is 28.6 Å². The average molecular weight is 363 g/mol. The van der Waals surface area contributed by atoms with Gasteiger partial charge in [-0.25, -0.2) is 0 Å². The maximum atomic E-state index is 11.8. The summed E-state index contributed by atoms with van der Waals surface area (Å²) in [4.78, 5) is 21.8. The van der Waals surface area contributed by atoms with Crippen LogP contribution in [0.15, 0.2) is 53.5 Å². The Hall–Kier alpha value is -2.92. The van der Waals surface area contributed by atoms with E-state index in [0.717, 1.165) is 35.1 Å². The second-order valence-electron chi connectivity index (χ2n) is 6.92. The average Bonchev–Trinajstić information content (AvgIpc) is 2.97. The number of aromatic hydroxyl groups is 1. The van der Waals surface area contributed by atoms with Crippen molar-refractivity contribution < 1.29 is 9.90 Å². The highest BCUT2D eigenvalue weighted by molar-refractivity contribution is 6.21. The zero-order valence-electron chi connectivity index (χ0n) is 16.0. The van der Waals surface area contributed by atoms with Crippen LogP contribution in [0.2, 0.25) is 0 Å². The van der Waals surface area contributed by atoms with Gasteiger partial charge in [-0.3, -0.25) is 9.79 Å². The zero-order valence-corrected chi connectivity index (χ0v) is 16.0. The van der Waals surface area contributed by atoms with E-state index < -0.39 is 0 Å². The van der Waals surface area contributed by atoms with Gasteiger partial charge in [0.2, 0.25) is 0 Å². The molecule has 0 aliphatic carbocycles. The summed E-state index contributed by atoms with van der Waals surface area (Å²) in [6, 6.07) is 15.2. The van der Waals surface area contributed by atoms with Crippen molar-refractivity contribution in [1.82, 2.24) is 9.88 Å². The summed E-state index contributed by atoms with van der Waals surface area (Å²) in [5, 5.41) is 11.4. The number of benzene rings is 2. The van der Waals surface area contributed by atoms with Gasteiger partial charge < -0.3 is 15.0 Å². The van der Waals surface area contributed by atoms with Crippen LogP contribution in [0, 0.1) is 0 Å². The lowest BCUT2D eigenvalue weighted by molar-refractivity contribution is 0.101. The van der Waals surface area contributed by atoms with Crippen LogP contribution in [0.25, 0.3) is 10.9 Å². The molecular weight excluding hydrogens is 338 g/mol. The van der Waals surface area contributed by atoms with Crippen LogP contribution in [0.5, 0.6) is 5.88 Å². The van der Waals surface area contributed by atoms with Crippen LogP contribution in [-0.4, -0.2) is 53.7 Å². The number of carbonyl (C=O) groups is 1. The number of nitrogens with one attached hydrogen (secondary N) is 1. The molecule has 140 valence electrons. The number of carbonyl (C=O) groups excluding carboxylic acids is 1. The summed E-state index contributed by atoms with van der Waals surface area (Å²) in [5.74, 6) is 0.0636. The third kappa shape index (κ3) is 4.26. The van der Waals surface area contributed by atoms with E-state index >= 15 is 0 Å². The summed E-state index contributed by atoms with van der Waals surface area (Å²) in [5.41, 5.74) is 3.71. The Balaban J connectivity index is 2.11. The highest BCUT2D eigenvalue weighted by atomic mass is 16.3. The van der Waals surface area contributed by atoms with Gasteiger partial charge in [0.1, 0.15) is 0 Å². The first-order chi connectivity index (χ1) is 13.0. The van der Waals surface area contributed by atoms with Crippen molar-refractivity contribution in [3.63, 3.8) is 0 Å². The van der Waals surface area contributed by atoms with E-state index in [2.05, 4.69) is 9.88 Å². The van der Waals surface area contributed by atoms with Gasteiger partial charge in [0.05, 0.1) is 11.3 Å². The summed E-state index contributed by atoms with van der Waals surface area (Å²) in [7, 11) is 4.08. The maximum absolute atomic E-state index is 11.8. The largest absolute Gasteiger partial charge is 0.494 e. The number of fused-ring (bicyclic) bond motifs is 1. The molecule has 1 heterocycles. The fourth-order valence-electron chi connectivity index (χ4n) is 3.12. The third-order valence-corrected chi connectivity index (χ3v) is 4.50. The predicted molar refractivity (Wildman–Crippen MR) is 110 cm³/mol. The molecule has 5 heteroatoms. The molecule has 27 heavy (non-hydrogen) atoms. The smallest absolute Gasteiger partial charge is 0.199 e. The van der Waals surface area contributed by atoms with Crippen molar-refractivity contribution in [2.24, 2.45) is 4.99 Å². The lowest BCUT2D eigenvalue weighted by Gasteiger charge is -2.10. The van der Waals surface area contributed by atoms with Gasteiger partial charge in [-0.2, -0.15) is 0 Å². The minimum absolute atomic E-state index is 0.00674. The van der Waals surface area contributed by atoms with Crippen molar-refractivity contribution >= 4 is 22.4 Å². The fourth-order valence-corrected chi connectivity index (χ4v) is 3.12. The van der Waals surface area contributed by atoms with Crippen molar-refractivity contribution in [3.8, 4) is 5.88 Å². The lowest BCUT2D eigenvalue weighted by Crippen LogP contribution is -2.14. The number of aliphatic imine (C=N–C) groups is 1. The van der Waals surface area contributed by atoms with Gasteiger partial charge in [-0.1, -0.05) is 30.3 Å². The van der Waals surface area contributed by atoms with E-state index in [9.17, 15) is 9.90 Å². The van der Waals surface area contributed by atoms with Crippen LogP contribution in [0.1, 0.15) is 34.8 Å². The fraction of sp³-hybridized carbons (Fsp3) is 0.273. The predicted octanol–water partition coefficient (Wildman–Crippen LogP) is 3.87. The topological polar surface area (TPSA) is 68.7 Å². The quantitative estimate of drug-likeness (QED) is 0.380. The highest BCUT2D eigenvalue weighted by Crippen LogP contribution is 2.31. The van der Waals surface area contributed by atoms with Gasteiger partial charge in [0.15, 0.2) is 11.7 Å². The van der Waals surface area contributed by atoms with Crippen LogP contribution in [0.3, 0.4) is 0 Å². The molecule has 0 fully saturated rings. The summed E-state index contributed by atoms with van der Waals surface area (Å²) in [6.07, 6.45) is 0.922. The number of hydrogen-bond acceptors (Lipinski definition) is 4. The summed E-state index contributed by atoms with van der Waals surface area (Å²) >= 11 is 0. The number of rotatable bonds is 7. The zero-order chi connectivity index (χ0) is 19.4. The number of aromatic amines is 1. The normalized spacial score (nSPS) is 12.1. The molecular formula is C22H25N3O2. The molecule has 0 aliphatic rings. The van der Waals surface area contributed by atoms with Crippen molar-refractivity contribution in [2.75, 3.05) is 27.2 Å². The van der Waals surface area contributed by atoms with Crippen LogP contribution >= 0.6 is 0 Å². The standard InChI is InChI=1S/C22H25N3O2/c1-15(26)17-10-11-19-18(14-17)20(22(27)24-19)21(16-8-5-4-6-9-16)23-12-7-13-25(2)3/h4-6,8-11,14,24,27H,7,12-13H2,1-3H3. The first kappa shape index (κ1) is 18.9. The van der Waals surface area contributed by atoms with Crippen LogP contribution in [-0.2, 0) is 0 Å². The second-order valence-corrected chi connectivity index (χ2v) is 6.92. The van der Waals surface area contributed by atoms with Crippen molar-refractivity contribution in [1.29, 1.82) is 0 Å². The van der Waals surface area contributed by atoms with E-state index in [-0.39, 0.29) is 11.7 Å². The van der Waals surface area contributed by atoms with Gasteiger partial charge in [-0.05, 0) is 52.2 Å². The third-order valence-electron chi connectivity index (χ3n) is 4.50. The first-order valence-corrected chi connectivity index (χ1v) is 9.08. The number of Topliss-reactive ketones (excluding diaryl/α,β-unsaturated/α-hetero) is 1. The number of ketones is 1. The number of hydrogen-bond donors (Lipinski definition) is 2. The maximum Gasteiger partial charge on any atom is 0.199 e. The van der Waals surface area contributed by atoms with E-state index in [0.29, 0.717) is 17.7 Å². The van der Waals surface area contributed by atoms with Crippen LogP contribution < -0.4 is 0 Å². The molecule has 1 aromatic heterocycles. The van der Waals surface area contributed by atoms with Gasteiger partial charge in [0.25, 0.3) is 0 Å².